The zero-order valence-electron chi connectivity index (χ0n) is 12.8. The average molecular weight is 421 g/mol. The number of nitro benzene ring substituents is 1. The second-order valence-electron chi connectivity index (χ2n) is 5.37. The van der Waals surface area contributed by atoms with Gasteiger partial charge in [-0.05, 0) is 5.56 Å². The summed E-state index contributed by atoms with van der Waals surface area (Å²) in [5.74, 6) is -0.233. The molecule has 1 aliphatic rings. The minimum atomic E-state index is -2.92. The summed E-state index contributed by atoms with van der Waals surface area (Å²) in [6, 6.07) is 5.64. The van der Waals surface area contributed by atoms with Crippen molar-refractivity contribution in [3.05, 3.63) is 39.9 Å². The number of halogens is 1. The maximum atomic E-state index is 12.0. The molecule has 1 aliphatic heterocycles. The van der Waals surface area contributed by atoms with E-state index < -0.39 is 25.6 Å². The van der Waals surface area contributed by atoms with Crippen molar-refractivity contribution in [1.29, 1.82) is 0 Å². The number of nitrogens with zero attached hydrogens (tertiary/aromatic N) is 2. The molecule has 0 radical (unpaired) electrons. The summed E-state index contributed by atoms with van der Waals surface area (Å²) in [7, 11) is -2.92. The van der Waals surface area contributed by atoms with Crippen molar-refractivity contribution in [2.75, 3.05) is 37.7 Å². The van der Waals surface area contributed by atoms with Gasteiger partial charge in [0.15, 0.2) is 9.84 Å². The number of non-ortho nitro benzene ring substituents is 1. The number of ether oxygens (including phenoxy) is 1. The normalized spacial score (nSPS) is 18.7. The number of carbonyl (C=O) groups excluding carboxylic acids is 1. The summed E-state index contributed by atoms with van der Waals surface area (Å²) < 4.78 is 27.8. The fraction of sp³-hybridized carbons (Fsp3) is 0.500. The number of hydrogen-bond donors (Lipinski definition) is 0. The highest BCUT2D eigenvalue weighted by Gasteiger charge is 2.23. The van der Waals surface area contributed by atoms with Gasteiger partial charge in [0.25, 0.3) is 5.69 Å². The quantitative estimate of drug-likeness (QED) is 0.295. The Kier molecular flexibility index (Phi) is 6.30. The molecule has 1 atom stereocenters. The molecule has 2 rings (SSSR count). The lowest BCUT2D eigenvalue weighted by atomic mass is 10.1. The molecule has 0 saturated carbocycles. The van der Waals surface area contributed by atoms with Gasteiger partial charge in [-0.15, -0.1) is 0 Å². The van der Waals surface area contributed by atoms with E-state index in [2.05, 4.69) is 15.9 Å². The first-order valence-corrected chi connectivity index (χ1v) is 10.00. The van der Waals surface area contributed by atoms with Crippen LogP contribution in [0.4, 0.5) is 5.69 Å². The highest BCUT2D eigenvalue weighted by molar-refractivity contribution is 9.09. The molecule has 1 aromatic rings. The van der Waals surface area contributed by atoms with Gasteiger partial charge in [0, 0.05) is 31.8 Å². The lowest BCUT2D eigenvalue weighted by molar-refractivity contribution is -0.384. The number of carbonyl (C=O) groups is 1. The predicted octanol–water partition coefficient (Wildman–Crippen LogP) is 1.30. The van der Waals surface area contributed by atoms with E-state index in [1.54, 1.807) is 0 Å². The fourth-order valence-corrected chi connectivity index (χ4v) is 3.94. The highest BCUT2D eigenvalue weighted by Crippen LogP contribution is 2.26. The number of sulfone groups is 1. The molecule has 0 bridgehead atoms. The van der Waals surface area contributed by atoms with E-state index in [4.69, 9.17) is 4.74 Å². The summed E-state index contributed by atoms with van der Waals surface area (Å²) in [5.41, 5.74) is 0.515. The molecule has 0 amide bonds. The molecule has 8 nitrogen and oxygen atoms in total. The van der Waals surface area contributed by atoms with Gasteiger partial charge in [-0.3, -0.25) is 19.8 Å². The molecule has 1 unspecified atom stereocenters. The van der Waals surface area contributed by atoms with Crippen molar-refractivity contribution in [1.82, 2.24) is 4.90 Å². The molecule has 24 heavy (non-hydrogen) atoms. The minimum absolute atomic E-state index is 0.0492. The molecule has 0 spiro atoms. The van der Waals surface area contributed by atoms with Crippen molar-refractivity contribution in [3.63, 3.8) is 0 Å². The van der Waals surface area contributed by atoms with Crippen LogP contribution in [0.5, 0.6) is 0 Å². The van der Waals surface area contributed by atoms with Gasteiger partial charge in [0.05, 0.1) is 16.4 Å². The highest BCUT2D eigenvalue weighted by atomic mass is 79.9. The molecule has 0 aliphatic carbocycles. The van der Waals surface area contributed by atoms with Crippen LogP contribution in [0.3, 0.4) is 0 Å². The van der Waals surface area contributed by atoms with E-state index in [-0.39, 0.29) is 23.8 Å². The standard InChI is InChI=1S/C14H17BrN2O6S/c15-13(11-1-3-12(4-2-11)17(19)20)14(18)23-8-5-16-6-9-24(21,22)10-7-16/h1-4,13H,5-10H2. The third-order valence-electron chi connectivity index (χ3n) is 3.69. The lowest BCUT2D eigenvalue weighted by Crippen LogP contribution is -2.42. The second kappa shape index (κ2) is 8.04. The van der Waals surface area contributed by atoms with Gasteiger partial charge in [-0.1, -0.05) is 28.1 Å². The number of esters is 1. The first kappa shape index (κ1) is 18.8. The van der Waals surface area contributed by atoms with Crippen LogP contribution in [-0.2, 0) is 19.4 Å². The number of alkyl halides is 1. The van der Waals surface area contributed by atoms with Gasteiger partial charge >= 0.3 is 5.97 Å². The van der Waals surface area contributed by atoms with E-state index in [1.165, 1.54) is 24.3 Å². The second-order valence-corrected chi connectivity index (χ2v) is 8.59. The number of rotatable bonds is 6. The monoisotopic (exact) mass is 420 g/mol. The smallest absolute Gasteiger partial charge is 0.324 e. The predicted molar refractivity (Wildman–Crippen MR) is 90.8 cm³/mol. The number of benzene rings is 1. The molecule has 0 N–H and O–H groups in total. The zero-order valence-corrected chi connectivity index (χ0v) is 15.2. The Bertz CT molecular complexity index is 692. The van der Waals surface area contributed by atoms with E-state index in [0.717, 1.165) is 0 Å². The van der Waals surface area contributed by atoms with Crippen LogP contribution in [0, 0.1) is 10.1 Å². The molecule has 1 aromatic carbocycles. The Morgan fingerprint density at radius 3 is 2.42 bits per heavy atom. The van der Waals surface area contributed by atoms with Crippen LogP contribution < -0.4 is 0 Å². The maximum Gasteiger partial charge on any atom is 0.324 e. The van der Waals surface area contributed by atoms with Crippen LogP contribution in [0.25, 0.3) is 0 Å². The van der Waals surface area contributed by atoms with Gasteiger partial charge < -0.3 is 4.74 Å². The maximum absolute atomic E-state index is 12.0. The van der Waals surface area contributed by atoms with Crippen LogP contribution in [0.15, 0.2) is 24.3 Å². The fourth-order valence-electron chi connectivity index (χ4n) is 2.22. The molecule has 1 fully saturated rings. The molecular formula is C14H17BrN2O6S. The Morgan fingerprint density at radius 2 is 1.88 bits per heavy atom. The Labute approximate surface area is 148 Å². The van der Waals surface area contributed by atoms with E-state index in [1.807, 2.05) is 4.90 Å². The Hall–Kier alpha value is -1.52. The van der Waals surface area contributed by atoms with Crippen LogP contribution in [0.2, 0.25) is 0 Å². The topological polar surface area (TPSA) is 107 Å². The number of hydrogen-bond acceptors (Lipinski definition) is 7. The summed E-state index contributed by atoms with van der Waals surface area (Å²) in [6.45, 7) is 1.52. The summed E-state index contributed by atoms with van der Waals surface area (Å²) in [5, 5.41) is 10.6. The van der Waals surface area contributed by atoms with Gasteiger partial charge in [-0.2, -0.15) is 0 Å². The van der Waals surface area contributed by atoms with Crippen molar-refractivity contribution in [3.8, 4) is 0 Å². The summed E-state index contributed by atoms with van der Waals surface area (Å²) in [4.78, 5) is 23.3. The third kappa shape index (κ3) is 5.25. The van der Waals surface area contributed by atoms with Crippen molar-refractivity contribution in [2.24, 2.45) is 0 Å². The van der Waals surface area contributed by atoms with Gasteiger partial charge in [-0.25, -0.2) is 8.42 Å². The molecule has 1 heterocycles. The lowest BCUT2D eigenvalue weighted by Gasteiger charge is -2.26. The zero-order chi connectivity index (χ0) is 17.7. The summed E-state index contributed by atoms with van der Waals surface area (Å²) in [6.07, 6.45) is 0. The SMILES string of the molecule is O=C(OCCN1CCS(=O)(=O)CC1)C(Br)c1ccc([N+](=O)[O-])cc1. The minimum Gasteiger partial charge on any atom is -0.463 e. The van der Waals surface area contributed by atoms with Gasteiger partial charge in [0.1, 0.15) is 11.4 Å². The Balaban J connectivity index is 1.78. The van der Waals surface area contributed by atoms with Gasteiger partial charge in [0.2, 0.25) is 0 Å². The van der Waals surface area contributed by atoms with Crippen molar-refractivity contribution >= 4 is 37.4 Å². The van der Waals surface area contributed by atoms with Crippen molar-refractivity contribution < 1.29 is 22.9 Å². The van der Waals surface area contributed by atoms with Crippen molar-refractivity contribution in [2.45, 2.75) is 4.83 Å². The van der Waals surface area contributed by atoms with Crippen LogP contribution >= 0.6 is 15.9 Å². The molecule has 132 valence electrons. The largest absolute Gasteiger partial charge is 0.463 e. The Morgan fingerprint density at radius 1 is 1.29 bits per heavy atom. The molecular weight excluding hydrogens is 404 g/mol. The first-order valence-electron chi connectivity index (χ1n) is 7.26. The molecule has 10 heteroatoms. The third-order valence-corrected chi connectivity index (χ3v) is 6.20. The first-order chi connectivity index (χ1) is 11.3. The molecule has 1 saturated heterocycles. The average Bonchev–Trinajstić information content (AvgIpc) is 2.55. The van der Waals surface area contributed by atoms with Crippen LogP contribution in [0.1, 0.15) is 10.4 Å². The summed E-state index contributed by atoms with van der Waals surface area (Å²) >= 11 is 3.22. The van der Waals surface area contributed by atoms with E-state index in [9.17, 15) is 23.3 Å². The van der Waals surface area contributed by atoms with Crippen LogP contribution in [-0.4, -0.2) is 62.0 Å². The number of nitro groups is 1. The van der Waals surface area contributed by atoms with E-state index in [0.29, 0.717) is 25.2 Å². The molecule has 0 aromatic heterocycles. The van der Waals surface area contributed by atoms with E-state index >= 15 is 0 Å².